The summed E-state index contributed by atoms with van der Waals surface area (Å²) in [4.78, 5) is 0. The van der Waals surface area contributed by atoms with Crippen LogP contribution in [0, 0.1) is 23.7 Å². The first-order valence-corrected chi connectivity index (χ1v) is 15.3. The molecule has 0 spiro atoms. The molecule has 2 heterocycles. The molecule has 0 unspecified atom stereocenters. The van der Waals surface area contributed by atoms with Crippen LogP contribution in [0.1, 0.15) is 104 Å². The van der Waals surface area contributed by atoms with Crippen LogP contribution in [0.5, 0.6) is 0 Å². The van der Waals surface area contributed by atoms with Crippen molar-refractivity contribution in [2.24, 2.45) is 23.7 Å². The highest BCUT2D eigenvalue weighted by atomic mass is 79.9. The summed E-state index contributed by atoms with van der Waals surface area (Å²) in [5, 5.41) is 0. The maximum atomic E-state index is 7.21. The predicted octanol–water partition coefficient (Wildman–Crippen LogP) is 5.66. The Kier molecular flexibility index (Phi) is 8.12. The molecular formula is C36H54BrNO. The third-order valence-electron chi connectivity index (χ3n) is 11.2. The monoisotopic (exact) mass is 595 g/mol. The number of rotatable bonds is 6. The number of hydrogen-bond donors (Lipinski definition) is 0. The van der Waals surface area contributed by atoms with Crippen molar-refractivity contribution < 1.29 is 26.2 Å². The van der Waals surface area contributed by atoms with Crippen molar-refractivity contribution in [3.05, 3.63) is 70.8 Å². The molecule has 2 saturated heterocycles. The standard InChI is InChI=1S/C36H54NO.BrH/c1-25(2)36(38-23-27-14-12-11-13-15-27)24-37(21-26(3)31-16-17-32(36)35(31,37)10)22-28-18-29(33(4,5)6)20-30(19-28)34(7,8)9;/h11-15,18-20,25-26,31-32H,16-17,21-24H2,1-10H3;1H/q+1;/p-1/t26-,31+,32+,35-,36+,37-;/m1./s1. The Morgan fingerprint density at radius 1 is 0.897 bits per heavy atom. The lowest BCUT2D eigenvalue weighted by molar-refractivity contribution is -0.968. The van der Waals surface area contributed by atoms with Gasteiger partial charge in [-0.1, -0.05) is 98.7 Å². The van der Waals surface area contributed by atoms with Crippen LogP contribution in [0.3, 0.4) is 0 Å². The van der Waals surface area contributed by atoms with Gasteiger partial charge < -0.3 is 26.2 Å². The van der Waals surface area contributed by atoms with E-state index in [0.717, 1.165) is 31.5 Å². The van der Waals surface area contributed by atoms with Gasteiger partial charge in [0, 0.05) is 23.3 Å². The third kappa shape index (κ3) is 4.97. The summed E-state index contributed by atoms with van der Waals surface area (Å²) in [6.07, 6.45) is 2.68. The Labute approximate surface area is 250 Å². The number of quaternary nitrogens is 1. The predicted molar refractivity (Wildman–Crippen MR) is 160 cm³/mol. The highest BCUT2D eigenvalue weighted by Gasteiger charge is 2.78. The Balaban J connectivity index is 0.00000353. The first kappa shape index (κ1) is 30.8. The number of halogens is 1. The van der Waals surface area contributed by atoms with E-state index in [1.807, 2.05) is 0 Å². The first-order chi connectivity index (χ1) is 17.6. The van der Waals surface area contributed by atoms with E-state index in [9.17, 15) is 0 Å². The number of ether oxygens (including phenoxy) is 1. The fraction of sp³-hybridized carbons (Fsp3) is 0.667. The third-order valence-corrected chi connectivity index (χ3v) is 11.2. The lowest BCUT2D eigenvalue weighted by Crippen LogP contribution is -3.00. The van der Waals surface area contributed by atoms with Crippen LogP contribution in [0.2, 0.25) is 0 Å². The second-order valence-corrected chi connectivity index (χ2v) is 15.9. The van der Waals surface area contributed by atoms with Gasteiger partial charge >= 0.3 is 0 Å². The van der Waals surface area contributed by atoms with Crippen LogP contribution in [-0.4, -0.2) is 28.7 Å². The molecule has 2 aromatic rings. The summed E-state index contributed by atoms with van der Waals surface area (Å²) >= 11 is 0. The summed E-state index contributed by atoms with van der Waals surface area (Å²) in [7, 11) is 0. The molecule has 0 amide bonds. The van der Waals surface area contributed by atoms with Gasteiger partial charge in [-0.25, -0.2) is 0 Å². The zero-order chi connectivity index (χ0) is 27.7. The molecule has 0 N–H and O–H groups in total. The molecule has 6 atom stereocenters. The molecule has 2 aliphatic heterocycles. The summed E-state index contributed by atoms with van der Waals surface area (Å²) in [6.45, 7) is 28.6. The van der Waals surface area contributed by atoms with Gasteiger partial charge in [-0.3, -0.25) is 0 Å². The fourth-order valence-electron chi connectivity index (χ4n) is 9.14. The van der Waals surface area contributed by atoms with Gasteiger partial charge in [0.2, 0.25) is 0 Å². The molecule has 216 valence electrons. The second kappa shape index (κ2) is 10.3. The molecule has 2 aromatic carbocycles. The van der Waals surface area contributed by atoms with E-state index in [0.29, 0.717) is 11.8 Å². The molecule has 0 bridgehead atoms. The van der Waals surface area contributed by atoms with Crippen molar-refractivity contribution in [2.75, 3.05) is 13.1 Å². The SMILES string of the molecule is CC(C)[C@@]1(OCc2ccccc2)C[N@+]2(Cc3cc(C(C)(C)C)cc(C(C)(C)C)c3)C[C@@H](C)[C@@H]3CC[C@H]1[C@@]32C.[Br-]. The maximum Gasteiger partial charge on any atom is 0.128 e. The first-order valence-electron chi connectivity index (χ1n) is 15.3. The van der Waals surface area contributed by atoms with E-state index in [2.05, 4.69) is 118 Å². The molecule has 0 aromatic heterocycles. The highest BCUT2D eigenvalue weighted by Crippen LogP contribution is 2.67. The molecule has 5 rings (SSSR count). The molecule has 0 radical (unpaired) electrons. The van der Waals surface area contributed by atoms with Crippen LogP contribution in [0.25, 0.3) is 0 Å². The molecule has 3 fully saturated rings. The number of hydrogen-bond acceptors (Lipinski definition) is 1. The highest BCUT2D eigenvalue weighted by molar-refractivity contribution is 5.37. The van der Waals surface area contributed by atoms with Crippen LogP contribution in [0.15, 0.2) is 48.5 Å². The molecule has 2 nitrogen and oxygen atoms in total. The van der Waals surface area contributed by atoms with E-state index < -0.39 is 0 Å². The maximum absolute atomic E-state index is 7.21. The minimum atomic E-state index is -0.0754. The van der Waals surface area contributed by atoms with Gasteiger partial charge in [0.15, 0.2) is 0 Å². The van der Waals surface area contributed by atoms with E-state index in [1.54, 1.807) is 0 Å². The van der Waals surface area contributed by atoms with E-state index in [1.165, 1.54) is 46.1 Å². The number of benzene rings is 2. The molecule has 1 aliphatic carbocycles. The zero-order valence-electron chi connectivity index (χ0n) is 26.4. The molecular weight excluding hydrogens is 542 g/mol. The van der Waals surface area contributed by atoms with Gasteiger partial charge in [0.1, 0.15) is 24.2 Å². The van der Waals surface area contributed by atoms with Crippen molar-refractivity contribution in [3.63, 3.8) is 0 Å². The summed E-state index contributed by atoms with van der Waals surface area (Å²) in [5.74, 6) is 2.67. The van der Waals surface area contributed by atoms with Crippen LogP contribution < -0.4 is 17.0 Å². The Morgan fingerprint density at radius 2 is 1.49 bits per heavy atom. The number of nitrogens with zero attached hydrogens (tertiary/aromatic N) is 1. The van der Waals surface area contributed by atoms with Crippen molar-refractivity contribution in [1.29, 1.82) is 0 Å². The van der Waals surface area contributed by atoms with Gasteiger partial charge in [-0.15, -0.1) is 0 Å². The topological polar surface area (TPSA) is 9.23 Å². The van der Waals surface area contributed by atoms with Gasteiger partial charge in [-0.05, 0) is 65.3 Å². The largest absolute Gasteiger partial charge is 1.00 e. The lowest BCUT2D eigenvalue weighted by Gasteiger charge is -2.44. The average Bonchev–Trinajstić information content (AvgIpc) is 3.36. The summed E-state index contributed by atoms with van der Waals surface area (Å²) < 4.78 is 8.41. The lowest BCUT2D eigenvalue weighted by atomic mass is 9.72. The van der Waals surface area contributed by atoms with Gasteiger partial charge in [-0.2, -0.15) is 0 Å². The van der Waals surface area contributed by atoms with Crippen molar-refractivity contribution in [2.45, 2.75) is 117 Å². The van der Waals surface area contributed by atoms with Crippen molar-refractivity contribution in [3.8, 4) is 0 Å². The van der Waals surface area contributed by atoms with E-state index in [4.69, 9.17) is 4.74 Å². The molecule has 1 saturated carbocycles. The molecule has 3 heteroatoms. The molecule has 39 heavy (non-hydrogen) atoms. The minimum Gasteiger partial charge on any atom is -1.00 e. The normalized spacial score (nSPS) is 33.9. The second-order valence-electron chi connectivity index (χ2n) is 15.9. The van der Waals surface area contributed by atoms with E-state index >= 15 is 0 Å². The van der Waals surface area contributed by atoms with Gasteiger partial charge in [0.25, 0.3) is 0 Å². The smallest absolute Gasteiger partial charge is 0.128 e. The van der Waals surface area contributed by atoms with Crippen molar-refractivity contribution in [1.82, 2.24) is 0 Å². The Bertz CT molecular complexity index is 1130. The fourth-order valence-corrected chi connectivity index (χ4v) is 9.14. The summed E-state index contributed by atoms with van der Waals surface area (Å²) in [6, 6.07) is 18.4. The minimum absolute atomic E-state index is 0. The van der Waals surface area contributed by atoms with Crippen LogP contribution in [-0.2, 0) is 28.7 Å². The Morgan fingerprint density at radius 3 is 2.03 bits per heavy atom. The van der Waals surface area contributed by atoms with Crippen LogP contribution >= 0.6 is 0 Å². The average molecular weight is 597 g/mol. The zero-order valence-corrected chi connectivity index (χ0v) is 28.0. The quantitative estimate of drug-likeness (QED) is 0.391. The van der Waals surface area contributed by atoms with Crippen LogP contribution in [0.4, 0.5) is 0 Å². The van der Waals surface area contributed by atoms with E-state index in [-0.39, 0.29) is 39.0 Å². The molecule has 3 aliphatic rings. The Hall–Kier alpha value is -1.16. The van der Waals surface area contributed by atoms with Gasteiger partial charge in [0.05, 0.1) is 13.2 Å². The van der Waals surface area contributed by atoms with Crippen molar-refractivity contribution >= 4 is 0 Å². The summed E-state index contributed by atoms with van der Waals surface area (Å²) in [5.41, 5.74) is 6.27.